The van der Waals surface area contributed by atoms with Crippen LogP contribution in [0.2, 0.25) is 0 Å². The fourth-order valence-corrected chi connectivity index (χ4v) is 3.60. The van der Waals surface area contributed by atoms with E-state index >= 15 is 0 Å². The molecule has 1 N–H and O–H groups in total. The predicted molar refractivity (Wildman–Crippen MR) is 143 cm³/mol. The van der Waals surface area contributed by atoms with E-state index in [1.165, 1.54) is 6.26 Å². The quantitative estimate of drug-likeness (QED) is 0.245. The van der Waals surface area contributed by atoms with Gasteiger partial charge in [-0.05, 0) is 72.8 Å². The van der Waals surface area contributed by atoms with Crippen molar-refractivity contribution in [3.8, 4) is 34.5 Å². The number of carbonyl (C=O) groups is 1. The fourth-order valence-electron chi connectivity index (χ4n) is 3.60. The molecule has 4 aromatic carbocycles. The lowest BCUT2D eigenvalue weighted by atomic mass is 10.2. The van der Waals surface area contributed by atoms with E-state index in [0.29, 0.717) is 39.7 Å². The van der Waals surface area contributed by atoms with Crippen molar-refractivity contribution in [3.63, 3.8) is 0 Å². The van der Waals surface area contributed by atoms with Gasteiger partial charge in [0.15, 0.2) is 6.61 Å². The Morgan fingerprint density at radius 3 is 2.13 bits per heavy atom. The molecule has 0 unspecified atom stereocenters. The number of nitrogens with one attached hydrogen (secondary N) is 1. The second-order valence-electron chi connectivity index (χ2n) is 8.14. The molecule has 0 saturated carbocycles. The van der Waals surface area contributed by atoms with Gasteiger partial charge >= 0.3 is 0 Å². The lowest BCUT2D eigenvalue weighted by Crippen LogP contribution is -2.20. The lowest BCUT2D eigenvalue weighted by Gasteiger charge is -2.10. The van der Waals surface area contributed by atoms with Gasteiger partial charge in [0, 0.05) is 11.8 Å². The zero-order valence-corrected chi connectivity index (χ0v) is 20.4. The summed E-state index contributed by atoms with van der Waals surface area (Å²) in [5.74, 6) is 2.62. The highest BCUT2D eigenvalue weighted by Gasteiger charge is 2.12. The topological polar surface area (TPSA) is 96.2 Å². The number of amides is 1. The van der Waals surface area contributed by atoms with E-state index in [1.807, 2.05) is 30.3 Å². The molecule has 5 rings (SSSR count). The second-order valence-corrected chi connectivity index (χ2v) is 8.14. The van der Waals surface area contributed by atoms with Crippen LogP contribution in [0.15, 0.2) is 113 Å². The summed E-state index contributed by atoms with van der Waals surface area (Å²) in [6.07, 6.45) is 1.25. The molecule has 1 amide bonds. The number of rotatable bonds is 9. The predicted octanol–water partition coefficient (Wildman–Crippen LogP) is 6.40. The van der Waals surface area contributed by atoms with Crippen molar-refractivity contribution >= 4 is 22.6 Å². The minimum atomic E-state index is -0.341. The molecule has 8 heteroatoms. The third-order valence-electron chi connectivity index (χ3n) is 5.49. The maximum absolute atomic E-state index is 12.8. The van der Waals surface area contributed by atoms with Crippen molar-refractivity contribution in [2.45, 2.75) is 0 Å². The Balaban J connectivity index is 1.18. The second kappa shape index (κ2) is 11.2. The van der Waals surface area contributed by atoms with Crippen molar-refractivity contribution in [2.75, 3.05) is 19.0 Å². The van der Waals surface area contributed by atoms with Crippen LogP contribution in [-0.4, -0.2) is 19.6 Å². The first-order valence-corrected chi connectivity index (χ1v) is 11.7. The van der Waals surface area contributed by atoms with Crippen LogP contribution >= 0.6 is 0 Å². The van der Waals surface area contributed by atoms with Crippen molar-refractivity contribution < 1.29 is 28.2 Å². The number of hydrogen-bond donors (Lipinski definition) is 1. The molecule has 0 aliphatic carbocycles. The third kappa shape index (κ3) is 5.93. The Bertz CT molecular complexity index is 1590. The monoisotopic (exact) mass is 509 g/mol. The SMILES string of the molecule is COc1ccc(Oc2coc3cc(OCC(=O)Nc4ccc(Oc5ccccc5)cc4)ccc3c2=O)cc1. The summed E-state index contributed by atoms with van der Waals surface area (Å²) in [6.45, 7) is -0.226. The molecule has 0 fully saturated rings. The fraction of sp³-hybridized carbons (Fsp3) is 0.0667. The van der Waals surface area contributed by atoms with Gasteiger partial charge in [0.25, 0.3) is 5.91 Å². The van der Waals surface area contributed by atoms with Crippen molar-refractivity contribution in [1.29, 1.82) is 0 Å². The van der Waals surface area contributed by atoms with Gasteiger partial charge in [-0.3, -0.25) is 9.59 Å². The van der Waals surface area contributed by atoms with Crippen molar-refractivity contribution in [2.24, 2.45) is 0 Å². The number of benzene rings is 4. The summed E-state index contributed by atoms with van der Waals surface area (Å²) in [5, 5.41) is 3.09. The first-order chi connectivity index (χ1) is 18.6. The van der Waals surface area contributed by atoms with Crippen LogP contribution in [0.25, 0.3) is 11.0 Å². The van der Waals surface area contributed by atoms with Gasteiger partial charge in [0.2, 0.25) is 11.2 Å². The molecular weight excluding hydrogens is 486 g/mol. The summed E-state index contributed by atoms with van der Waals surface area (Å²) in [4.78, 5) is 25.2. The zero-order valence-electron chi connectivity index (χ0n) is 20.4. The molecule has 0 spiro atoms. The third-order valence-corrected chi connectivity index (χ3v) is 5.49. The van der Waals surface area contributed by atoms with E-state index in [1.54, 1.807) is 73.8 Å². The van der Waals surface area contributed by atoms with Gasteiger partial charge in [0.1, 0.15) is 40.6 Å². The summed E-state index contributed by atoms with van der Waals surface area (Å²) >= 11 is 0. The maximum atomic E-state index is 12.8. The number of hydrogen-bond acceptors (Lipinski definition) is 7. The maximum Gasteiger partial charge on any atom is 0.262 e. The number of anilines is 1. The lowest BCUT2D eigenvalue weighted by molar-refractivity contribution is -0.118. The van der Waals surface area contributed by atoms with E-state index in [2.05, 4.69) is 5.32 Å². The average Bonchev–Trinajstić information content (AvgIpc) is 2.95. The summed E-state index contributed by atoms with van der Waals surface area (Å²) in [7, 11) is 1.57. The Kier molecular flexibility index (Phi) is 7.22. The standard InChI is InChI=1S/C30H23NO7/c1-34-21-11-13-24(14-12-21)38-28-18-36-27-17-25(15-16-26(27)30(28)33)35-19-29(32)31-20-7-9-23(10-8-20)37-22-5-3-2-4-6-22/h2-18H,19H2,1H3,(H,31,32). The summed E-state index contributed by atoms with van der Waals surface area (Å²) in [6, 6.07) is 28.0. The van der Waals surface area contributed by atoms with Crippen LogP contribution < -0.4 is 29.7 Å². The molecule has 0 radical (unpaired) electrons. The number of methoxy groups -OCH3 is 1. The molecule has 1 aromatic heterocycles. The molecule has 0 saturated heterocycles. The molecule has 0 atom stereocenters. The zero-order chi connectivity index (χ0) is 26.3. The van der Waals surface area contributed by atoms with Crippen LogP contribution in [0.1, 0.15) is 0 Å². The molecule has 38 heavy (non-hydrogen) atoms. The average molecular weight is 510 g/mol. The minimum Gasteiger partial charge on any atom is -0.497 e. The smallest absolute Gasteiger partial charge is 0.262 e. The first-order valence-electron chi connectivity index (χ1n) is 11.7. The van der Waals surface area contributed by atoms with Gasteiger partial charge in [-0.25, -0.2) is 0 Å². The molecule has 0 bridgehead atoms. The minimum absolute atomic E-state index is 0.0518. The highest BCUT2D eigenvalue weighted by atomic mass is 16.5. The molecule has 1 heterocycles. The van der Waals surface area contributed by atoms with E-state index in [9.17, 15) is 9.59 Å². The normalized spacial score (nSPS) is 10.6. The van der Waals surface area contributed by atoms with E-state index in [0.717, 1.165) is 5.75 Å². The van der Waals surface area contributed by atoms with Crippen molar-refractivity contribution in [1.82, 2.24) is 0 Å². The number of carbonyl (C=O) groups excluding carboxylic acids is 1. The highest BCUT2D eigenvalue weighted by molar-refractivity contribution is 5.92. The Morgan fingerprint density at radius 2 is 1.39 bits per heavy atom. The first kappa shape index (κ1) is 24.5. The van der Waals surface area contributed by atoms with Gasteiger partial charge in [-0.1, -0.05) is 18.2 Å². The van der Waals surface area contributed by atoms with Crippen LogP contribution in [0.5, 0.6) is 34.5 Å². The number of fused-ring (bicyclic) bond motifs is 1. The van der Waals surface area contributed by atoms with Crippen LogP contribution in [-0.2, 0) is 4.79 Å². The summed E-state index contributed by atoms with van der Waals surface area (Å²) in [5.41, 5.74) is 0.586. The largest absolute Gasteiger partial charge is 0.497 e. The van der Waals surface area contributed by atoms with Gasteiger partial charge < -0.3 is 28.7 Å². The van der Waals surface area contributed by atoms with Gasteiger partial charge in [-0.2, -0.15) is 0 Å². The molecule has 190 valence electrons. The van der Waals surface area contributed by atoms with E-state index < -0.39 is 0 Å². The van der Waals surface area contributed by atoms with Crippen LogP contribution in [0, 0.1) is 0 Å². The Morgan fingerprint density at radius 1 is 0.763 bits per heavy atom. The summed E-state index contributed by atoms with van der Waals surface area (Å²) < 4.78 is 27.7. The molecule has 0 aliphatic heterocycles. The highest BCUT2D eigenvalue weighted by Crippen LogP contribution is 2.26. The Labute approximate surface area is 218 Å². The molecule has 5 aromatic rings. The van der Waals surface area contributed by atoms with Gasteiger partial charge in [-0.15, -0.1) is 0 Å². The van der Waals surface area contributed by atoms with E-state index in [-0.39, 0.29) is 23.7 Å². The van der Waals surface area contributed by atoms with Crippen LogP contribution in [0.4, 0.5) is 5.69 Å². The molecular formula is C30H23NO7. The van der Waals surface area contributed by atoms with E-state index in [4.69, 9.17) is 23.4 Å². The number of ether oxygens (including phenoxy) is 4. The van der Waals surface area contributed by atoms with Gasteiger partial charge in [0.05, 0.1) is 12.5 Å². The number of para-hydroxylation sites is 1. The van der Waals surface area contributed by atoms with Crippen LogP contribution in [0.3, 0.4) is 0 Å². The molecule has 0 aliphatic rings. The molecule has 8 nitrogen and oxygen atoms in total. The van der Waals surface area contributed by atoms with Crippen molar-refractivity contribution in [3.05, 3.63) is 114 Å². The Hall–Kier alpha value is -5.24.